The highest BCUT2D eigenvalue weighted by Crippen LogP contribution is 2.18. The van der Waals surface area contributed by atoms with E-state index in [-0.39, 0.29) is 5.91 Å². The van der Waals surface area contributed by atoms with Gasteiger partial charge in [0.2, 0.25) is 0 Å². The SMILES string of the molecule is Cc1[nH]nc2ncc(NC(=O)c3cccc(C#N)c3)cc12. The lowest BCUT2D eigenvalue weighted by atomic mass is 10.1. The second-order valence-corrected chi connectivity index (χ2v) is 4.59. The van der Waals surface area contributed by atoms with Crippen LogP contribution < -0.4 is 5.32 Å². The topological polar surface area (TPSA) is 94.5 Å². The van der Waals surface area contributed by atoms with Gasteiger partial charge >= 0.3 is 0 Å². The van der Waals surface area contributed by atoms with Crippen LogP contribution in [0.4, 0.5) is 5.69 Å². The molecule has 0 aliphatic rings. The summed E-state index contributed by atoms with van der Waals surface area (Å²) >= 11 is 0. The van der Waals surface area contributed by atoms with Gasteiger partial charge in [0.25, 0.3) is 5.91 Å². The van der Waals surface area contributed by atoms with Crippen LogP contribution in [0.25, 0.3) is 11.0 Å². The molecule has 2 N–H and O–H groups in total. The number of carbonyl (C=O) groups is 1. The van der Waals surface area contributed by atoms with Crippen LogP contribution in [0, 0.1) is 18.3 Å². The second-order valence-electron chi connectivity index (χ2n) is 4.59. The summed E-state index contributed by atoms with van der Waals surface area (Å²) in [5.74, 6) is -0.283. The van der Waals surface area contributed by atoms with Gasteiger partial charge in [0.1, 0.15) is 0 Å². The molecule has 6 nitrogen and oxygen atoms in total. The van der Waals surface area contributed by atoms with Crippen LogP contribution in [0.5, 0.6) is 0 Å². The summed E-state index contributed by atoms with van der Waals surface area (Å²) in [6.45, 7) is 1.89. The number of fused-ring (bicyclic) bond motifs is 1. The molecule has 0 aliphatic heterocycles. The van der Waals surface area contributed by atoms with Gasteiger partial charge in [-0.3, -0.25) is 9.89 Å². The molecular weight excluding hydrogens is 266 g/mol. The molecular formula is C15H11N5O. The van der Waals surface area contributed by atoms with E-state index in [4.69, 9.17) is 5.26 Å². The molecule has 21 heavy (non-hydrogen) atoms. The van der Waals surface area contributed by atoms with Gasteiger partial charge in [-0.25, -0.2) is 4.98 Å². The maximum absolute atomic E-state index is 12.2. The fourth-order valence-electron chi connectivity index (χ4n) is 2.02. The molecule has 0 atom stereocenters. The molecule has 0 bridgehead atoms. The van der Waals surface area contributed by atoms with Crippen molar-refractivity contribution in [1.29, 1.82) is 5.26 Å². The van der Waals surface area contributed by atoms with Gasteiger partial charge in [-0.1, -0.05) is 6.07 Å². The van der Waals surface area contributed by atoms with E-state index in [1.54, 1.807) is 30.5 Å². The van der Waals surface area contributed by atoms with E-state index < -0.39 is 0 Å². The summed E-state index contributed by atoms with van der Waals surface area (Å²) in [6, 6.07) is 10.4. The van der Waals surface area contributed by atoms with E-state index in [1.165, 1.54) is 0 Å². The third-order valence-corrected chi connectivity index (χ3v) is 3.11. The molecule has 3 rings (SSSR count). The molecule has 6 heteroatoms. The molecule has 0 saturated heterocycles. The number of nitrogens with one attached hydrogen (secondary N) is 2. The Kier molecular flexibility index (Phi) is 3.09. The van der Waals surface area contributed by atoms with E-state index in [9.17, 15) is 4.79 Å². The lowest BCUT2D eigenvalue weighted by molar-refractivity contribution is 0.102. The first-order valence-corrected chi connectivity index (χ1v) is 6.29. The minimum Gasteiger partial charge on any atom is -0.321 e. The monoisotopic (exact) mass is 277 g/mol. The number of aryl methyl sites for hydroxylation is 1. The molecule has 0 unspecified atom stereocenters. The van der Waals surface area contributed by atoms with Crippen molar-refractivity contribution in [3.05, 3.63) is 53.3 Å². The van der Waals surface area contributed by atoms with Crippen LogP contribution in [0.15, 0.2) is 36.5 Å². The highest BCUT2D eigenvalue weighted by Gasteiger charge is 2.09. The number of aromatic nitrogens is 3. The third-order valence-electron chi connectivity index (χ3n) is 3.11. The van der Waals surface area contributed by atoms with E-state index in [0.29, 0.717) is 22.5 Å². The number of benzene rings is 1. The number of nitriles is 1. The predicted molar refractivity (Wildman–Crippen MR) is 77.7 cm³/mol. The number of H-pyrrole nitrogens is 1. The Balaban J connectivity index is 1.88. The van der Waals surface area contributed by atoms with Crippen LogP contribution in [0.1, 0.15) is 21.6 Å². The van der Waals surface area contributed by atoms with E-state index in [2.05, 4.69) is 20.5 Å². The molecule has 1 aromatic carbocycles. The van der Waals surface area contributed by atoms with Crippen molar-refractivity contribution in [2.45, 2.75) is 6.92 Å². The Labute approximate surface area is 120 Å². The minimum absolute atomic E-state index is 0.283. The number of hydrogen-bond acceptors (Lipinski definition) is 4. The number of pyridine rings is 1. The van der Waals surface area contributed by atoms with Crippen LogP contribution >= 0.6 is 0 Å². The quantitative estimate of drug-likeness (QED) is 0.752. The lowest BCUT2D eigenvalue weighted by Crippen LogP contribution is -2.12. The summed E-state index contributed by atoms with van der Waals surface area (Å²) in [4.78, 5) is 16.3. The van der Waals surface area contributed by atoms with Crippen molar-refractivity contribution in [1.82, 2.24) is 15.2 Å². The number of aromatic amines is 1. The Hall–Kier alpha value is -3.20. The van der Waals surface area contributed by atoms with E-state index in [0.717, 1.165) is 11.1 Å². The maximum atomic E-state index is 12.2. The number of rotatable bonds is 2. The summed E-state index contributed by atoms with van der Waals surface area (Å²) in [6.07, 6.45) is 1.55. The third kappa shape index (κ3) is 2.44. The van der Waals surface area contributed by atoms with E-state index in [1.807, 2.05) is 19.1 Å². The smallest absolute Gasteiger partial charge is 0.255 e. The van der Waals surface area contributed by atoms with Crippen molar-refractivity contribution in [3.63, 3.8) is 0 Å². The van der Waals surface area contributed by atoms with Gasteiger partial charge in [0.15, 0.2) is 5.65 Å². The molecule has 3 aromatic rings. The fraction of sp³-hybridized carbons (Fsp3) is 0.0667. The minimum atomic E-state index is -0.283. The Morgan fingerprint density at radius 1 is 1.38 bits per heavy atom. The first-order valence-electron chi connectivity index (χ1n) is 6.29. The Morgan fingerprint density at radius 3 is 3.05 bits per heavy atom. The number of amides is 1. The normalized spacial score (nSPS) is 10.3. The standard InChI is InChI=1S/C15H11N5O/c1-9-13-6-12(8-17-14(13)20-19-9)18-15(21)11-4-2-3-10(5-11)7-16/h2-6,8H,1H3,(H,18,21)(H,17,19,20). The molecule has 102 valence electrons. The van der Waals surface area contributed by atoms with E-state index >= 15 is 0 Å². The second kappa shape index (κ2) is 5.06. The summed E-state index contributed by atoms with van der Waals surface area (Å²) in [5.41, 5.74) is 2.95. The number of carbonyl (C=O) groups excluding carboxylic acids is 1. The zero-order valence-corrected chi connectivity index (χ0v) is 11.2. The highest BCUT2D eigenvalue weighted by atomic mass is 16.1. The van der Waals surface area contributed by atoms with Crippen molar-refractivity contribution in [3.8, 4) is 6.07 Å². The van der Waals surface area contributed by atoms with Gasteiger partial charge in [0.05, 0.1) is 23.5 Å². The zero-order chi connectivity index (χ0) is 14.8. The Morgan fingerprint density at radius 2 is 2.24 bits per heavy atom. The maximum Gasteiger partial charge on any atom is 0.255 e. The lowest BCUT2D eigenvalue weighted by Gasteiger charge is -2.05. The van der Waals surface area contributed by atoms with Crippen LogP contribution in [-0.4, -0.2) is 21.1 Å². The van der Waals surface area contributed by atoms with Crippen molar-refractivity contribution >= 4 is 22.6 Å². The van der Waals surface area contributed by atoms with Gasteiger partial charge in [0, 0.05) is 16.6 Å². The summed E-state index contributed by atoms with van der Waals surface area (Å²) < 4.78 is 0. The molecule has 1 amide bonds. The number of nitrogens with zero attached hydrogens (tertiary/aromatic N) is 3. The molecule has 0 saturated carbocycles. The van der Waals surface area contributed by atoms with Crippen LogP contribution in [0.3, 0.4) is 0 Å². The molecule has 0 spiro atoms. The summed E-state index contributed by atoms with van der Waals surface area (Å²) in [7, 11) is 0. The largest absolute Gasteiger partial charge is 0.321 e. The predicted octanol–water partition coefficient (Wildman–Crippen LogP) is 2.39. The molecule has 0 radical (unpaired) electrons. The molecule has 0 fully saturated rings. The van der Waals surface area contributed by atoms with Crippen LogP contribution in [-0.2, 0) is 0 Å². The van der Waals surface area contributed by atoms with Gasteiger partial charge in [-0.15, -0.1) is 0 Å². The van der Waals surface area contributed by atoms with Crippen molar-refractivity contribution in [2.75, 3.05) is 5.32 Å². The first kappa shape index (κ1) is 12.8. The van der Waals surface area contributed by atoms with Gasteiger partial charge in [-0.05, 0) is 31.2 Å². The molecule has 2 heterocycles. The Bertz CT molecular complexity index is 875. The highest BCUT2D eigenvalue weighted by molar-refractivity contribution is 6.05. The fourth-order valence-corrected chi connectivity index (χ4v) is 2.02. The average molecular weight is 277 g/mol. The molecule has 2 aromatic heterocycles. The first-order chi connectivity index (χ1) is 10.2. The van der Waals surface area contributed by atoms with Crippen molar-refractivity contribution < 1.29 is 4.79 Å². The van der Waals surface area contributed by atoms with Gasteiger partial charge < -0.3 is 5.32 Å². The average Bonchev–Trinajstić information content (AvgIpc) is 2.88. The molecule has 0 aliphatic carbocycles. The van der Waals surface area contributed by atoms with Crippen molar-refractivity contribution in [2.24, 2.45) is 0 Å². The number of anilines is 1. The van der Waals surface area contributed by atoms with Crippen LogP contribution in [0.2, 0.25) is 0 Å². The number of hydrogen-bond donors (Lipinski definition) is 2. The zero-order valence-electron chi connectivity index (χ0n) is 11.2. The summed E-state index contributed by atoms with van der Waals surface area (Å²) in [5, 5.41) is 19.4. The van der Waals surface area contributed by atoms with Gasteiger partial charge in [-0.2, -0.15) is 10.4 Å².